The molecule has 8 heteroatoms. The number of nitrogens with zero attached hydrogens (tertiary/aromatic N) is 1. The van der Waals surface area contributed by atoms with E-state index >= 15 is 0 Å². The van der Waals surface area contributed by atoms with Crippen molar-refractivity contribution in [1.82, 2.24) is 10.7 Å². The Bertz CT molecular complexity index is 782. The van der Waals surface area contributed by atoms with Crippen molar-refractivity contribution in [2.45, 2.75) is 44.7 Å². The Hall–Kier alpha value is -2.38. The summed E-state index contributed by atoms with van der Waals surface area (Å²) in [7, 11) is 0. The lowest BCUT2D eigenvalue weighted by Crippen LogP contribution is -2.54. The summed E-state index contributed by atoms with van der Waals surface area (Å²) in [5, 5.41) is 6.51. The molecule has 0 saturated heterocycles. The van der Waals surface area contributed by atoms with E-state index in [1.807, 2.05) is 0 Å². The molecule has 156 valence electrons. The van der Waals surface area contributed by atoms with Gasteiger partial charge < -0.3 is 5.32 Å². The highest BCUT2D eigenvalue weighted by atomic mass is 19.4. The van der Waals surface area contributed by atoms with Crippen LogP contribution in [0, 0.1) is 23.2 Å². The largest absolute Gasteiger partial charge is 0.416 e. The summed E-state index contributed by atoms with van der Waals surface area (Å²) in [6, 6.07) is 4.45. The molecule has 0 radical (unpaired) electrons. The number of carbonyl (C=O) groups is 2. The van der Waals surface area contributed by atoms with Crippen LogP contribution in [0.2, 0.25) is 0 Å². The maximum Gasteiger partial charge on any atom is 0.416 e. The molecule has 4 fully saturated rings. The van der Waals surface area contributed by atoms with Crippen LogP contribution in [0.4, 0.5) is 13.2 Å². The molecular formula is C21H24F3N3O2. The van der Waals surface area contributed by atoms with Crippen molar-refractivity contribution < 1.29 is 22.8 Å². The lowest BCUT2D eigenvalue weighted by Gasteiger charge is -2.55. The molecule has 4 aliphatic carbocycles. The molecule has 5 nitrogen and oxygen atoms in total. The molecule has 0 spiro atoms. The molecule has 0 atom stereocenters. The van der Waals surface area contributed by atoms with Crippen LogP contribution in [0.25, 0.3) is 0 Å². The van der Waals surface area contributed by atoms with E-state index in [2.05, 4.69) is 15.8 Å². The Labute approximate surface area is 167 Å². The molecule has 5 rings (SSSR count). The Balaban J connectivity index is 1.25. The molecule has 2 N–H and O–H groups in total. The fraction of sp³-hybridized carbons (Fsp3) is 0.571. The second kappa shape index (κ2) is 7.46. The van der Waals surface area contributed by atoms with E-state index in [4.69, 9.17) is 0 Å². The van der Waals surface area contributed by atoms with E-state index in [0.29, 0.717) is 23.3 Å². The van der Waals surface area contributed by atoms with Crippen LogP contribution in [0.3, 0.4) is 0 Å². The van der Waals surface area contributed by atoms with Crippen LogP contribution < -0.4 is 10.7 Å². The second-order valence-electron chi connectivity index (χ2n) is 8.79. The van der Waals surface area contributed by atoms with E-state index in [9.17, 15) is 22.8 Å². The predicted octanol–water partition coefficient (Wildman–Crippen LogP) is 3.49. The summed E-state index contributed by atoms with van der Waals surface area (Å²) < 4.78 is 37.6. The van der Waals surface area contributed by atoms with Gasteiger partial charge >= 0.3 is 6.18 Å². The second-order valence-corrected chi connectivity index (χ2v) is 8.79. The van der Waals surface area contributed by atoms with Gasteiger partial charge in [-0.1, -0.05) is 12.1 Å². The molecule has 4 bridgehead atoms. The quantitative estimate of drug-likeness (QED) is 0.580. The average Bonchev–Trinajstić information content (AvgIpc) is 2.64. The summed E-state index contributed by atoms with van der Waals surface area (Å²) in [6.45, 7) is -0.162. The molecule has 1 aromatic rings. The minimum atomic E-state index is -4.39. The first kappa shape index (κ1) is 19.9. The van der Waals surface area contributed by atoms with Crippen LogP contribution in [0.5, 0.6) is 0 Å². The van der Waals surface area contributed by atoms with Gasteiger partial charge in [0.2, 0.25) is 5.91 Å². The topological polar surface area (TPSA) is 70.6 Å². The van der Waals surface area contributed by atoms with Gasteiger partial charge in [-0.15, -0.1) is 0 Å². The SMILES string of the molecule is O=C(CNC(=O)C12CC3CC(CC(C3)C1)C2)NN=Cc1ccc(C(F)(F)F)cc1. The van der Waals surface area contributed by atoms with Gasteiger partial charge in [0.1, 0.15) is 0 Å². The lowest BCUT2D eigenvalue weighted by molar-refractivity contribution is -0.147. The Kier molecular flexibility index (Phi) is 5.12. The molecule has 4 aliphatic rings. The highest BCUT2D eigenvalue weighted by molar-refractivity contribution is 5.89. The smallest absolute Gasteiger partial charge is 0.346 e. The fourth-order valence-corrected chi connectivity index (χ4v) is 5.71. The predicted molar refractivity (Wildman–Crippen MR) is 101 cm³/mol. The van der Waals surface area contributed by atoms with E-state index in [1.54, 1.807) is 0 Å². The van der Waals surface area contributed by atoms with Crippen LogP contribution in [-0.4, -0.2) is 24.6 Å². The van der Waals surface area contributed by atoms with Gasteiger partial charge in [0.15, 0.2) is 0 Å². The molecular weight excluding hydrogens is 383 g/mol. The van der Waals surface area contributed by atoms with Gasteiger partial charge in [-0.2, -0.15) is 18.3 Å². The summed E-state index contributed by atoms with van der Waals surface area (Å²) in [4.78, 5) is 24.7. The third kappa shape index (κ3) is 4.31. The number of alkyl halides is 3. The maximum absolute atomic E-state index is 12.8. The number of hydrogen-bond donors (Lipinski definition) is 2. The minimum Gasteiger partial charge on any atom is -0.346 e. The zero-order valence-electron chi connectivity index (χ0n) is 16.0. The average molecular weight is 407 g/mol. The highest BCUT2D eigenvalue weighted by Crippen LogP contribution is 2.60. The molecule has 0 heterocycles. The fourth-order valence-electron chi connectivity index (χ4n) is 5.71. The van der Waals surface area contributed by atoms with Crippen LogP contribution in [0.1, 0.15) is 49.7 Å². The van der Waals surface area contributed by atoms with Crippen LogP contribution in [0.15, 0.2) is 29.4 Å². The van der Waals surface area contributed by atoms with Gasteiger partial charge in [-0.25, -0.2) is 5.43 Å². The van der Waals surface area contributed by atoms with Gasteiger partial charge in [-0.3, -0.25) is 9.59 Å². The van der Waals surface area contributed by atoms with Crippen LogP contribution in [-0.2, 0) is 15.8 Å². The first-order valence-electron chi connectivity index (χ1n) is 10.0. The number of hydrogen-bond acceptors (Lipinski definition) is 3. The molecule has 2 amide bonds. The van der Waals surface area contributed by atoms with Gasteiger partial charge in [0.05, 0.1) is 18.3 Å². The third-order valence-corrected chi connectivity index (χ3v) is 6.57. The molecule has 1 aromatic carbocycles. The highest BCUT2D eigenvalue weighted by Gasteiger charge is 2.54. The minimum absolute atomic E-state index is 0.0292. The van der Waals surface area contributed by atoms with Crippen molar-refractivity contribution in [1.29, 1.82) is 0 Å². The van der Waals surface area contributed by atoms with Gasteiger partial charge in [0, 0.05) is 5.41 Å². The van der Waals surface area contributed by atoms with E-state index in [1.165, 1.54) is 37.6 Å². The summed E-state index contributed by atoms with van der Waals surface area (Å²) in [5.41, 5.74) is 1.67. The number of nitrogens with one attached hydrogen (secondary N) is 2. The lowest BCUT2D eigenvalue weighted by atomic mass is 9.49. The normalized spacial score (nSPS) is 30.5. The molecule has 0 unspecified atom stereocenters. The van der Waals surface area contributed by atoms with Crippen molar-refractivity contribution in [3.8, 4) is 0 Å². The van der Waals surface area contributed by atoms with Crippen molar-refractivity contribution in [2.24, 2.45) is 28.3 Å². The number of benzene rings is 1. The van der Waals surface area contributed by atoms with E-state index in [-0.39, 0.29) is 17.9 Å². The van der Waals surface area contributed by atoms with E-state index in [0.717, 1.165) is 31.4 Å². The monoisotopic (exact) mass is 407 g/mol. The number of halogens is 3. The van der Waals surface area contributed by atoms with Crippen molar-refractivity contribution in [3.05, 3.63) is 35.4 Å². The maximum atomic E-state index is 12.8. The van der Waals surface area contributed by atoms with Crippen molar-refractivity contribution in [3.63, 3.8) is 0 Å². The van der Waals surface area contributed by atoms with E-state index < -0.39 is 17.6 Å². The molecule has 0 aromatic heterocycles. The number of rotatable bonds is 5. The van der Waals surface area contributed by atoms with Crippen molar-refractivity contribution in [2.75, 3.05) is 6.54 Å². The Morgan fingerprint density at radius 3 is 2.10 bits per heavy atom. The van der Waals surface area contributed by atoms with Crippen molar-refractivity contribution >= 4 is 18.0 Å². The molecule has 4 saturated carbocycles. The number of hydrazone groups is 1. The van der Waals surface area contributed by atoms with Gasteiger partial charge in [0.25, 0.3) is 5.91 Å². The number of amides is 2. The molecule has 0 aliphatic heterocycles. The Morgan fingerprint density at radius 2 is 1.59 bits per heavy atom. The zero-order valence-corrected chi connectivity index (χ0v) is 16.0. The summed E-state index contributed by atoms with van der Waals surface area (Å²) in [5.74, 6) is 1.45. The summed E-state index contributed by atoms with van der Waals surface area (Å²) >= 11 is 0. The van der Waals surface area contributed by atoms with Gasteiger partial charge in [-0.05, 0) is 74.0 Å². The summed E-state index contributed by atoms with van der Waals surface area (Å²) in [6.07, 6.45) is 3.39. The Morgan fingerprint density at radius 1 is 1.03 bits per heavy atom. The first-order chi connectivity index (χ1) is 13.7. The molecule has 29 heavy (non-hydrogen) atoms. The first-order valence-corrected chi connectivity index (χ1v) is 10.0. The third-order valence-electron chi connectivity index (χ3n) is 6.57. The number of carbonyl (C=O) groups excluding carboxylic acids is 2. The van der Waals surface area contributed by atoms with Crippen LogP contribution >= 0.6 is 0 Å². The standard InChI is InChI=1S/C21H24F3N3O2/c22-21(23,24)17-3-1-13(2-4-17)11-26-27-18(28)12-25-19(29)20-8-14-5-15(9-20)7-16(6-14)10-20/h1-4,11,14-16H,5-10,12H2,(H,25,29)(H,27,28). The zero-order chi connectivity index (χ0) is 20.6.